The Balaban J connectivity index is 2.18. The van der Waals surface area contributed by atoms with Crippen LogP contribution in [0.25, 0.3) is 6.08 Å². The van der Waals surface area contributed by atoms with Gasteiger partial charge in [-0.05, 0) is 31.4 Å². The van der Waals surface area contributed by atoms with Crippen LogP contribution in [0.2, 0.25) is 0 Å². The zero-order valence-corrected chi connectivity index (χ0v) is 12.1. The van der Waals surface area contributed by atoms with E-state index < -0.39 is 5.97 Å². The lowest BCUT2D eigenvalue weighted by molar-refractivity contribution is -0.137. The number of carbonyl (C=O) groups is 2. The molecule has 0 bridgehead atoms. The number of para-hydroxylation sites is 1. The highest BCUT2D eigenvalue weighted by Crippen LogP contribution is 2.25. The maximum absolute atomic E-state index is 12.0. The smallest absolute Gasteiger partial charge is 0.303 e. The summed E-state index contributed by atoms with van der Waals surface area (Å²) in [5.41, 5.74) is 3.58. The molecule has 0 atom stereocenters. The topological polar surface area (TPSA) is 78.4 Å². The zero-order valence-electron chi connectivity index (χ0n) is 12.1. The average Bonchev–Trinajstić information content (AvgIpc) is 2.62. The maximum Gasteiger partial charge on any atom is 0.303 e. The molecule has 0 fully saturated rings. The molecule has 112 valence electrons. The molecule has 0 saturated heterocycles. The summed E-state index contributed by atoms with van der Waals surface area (Å²) < 4.78 is 0. The standard InChI is InChI=1S/C16H20N2O3/c1-11(4-2-7-14(19)20)10-12-5-3-6-13-15(12)17-8-9-18-16(13)21/h3,5-6,10,17H,2,4,7-9H2,1H3,(H,18,21)(H,19,20). The first-order valence-electron chi connectivity index (χ1n) is 7.12. The minimum absolute atomic E-state index is 0.0613. The molecular formula is C16H20N2O3. The molecule has 5 nitrogen and oxygen atoms in total. The third-order valence-corrected chi connectivity index (χ3v) is 3.42. The van der Waals surface area contributed by atoms with Gasteiger partial charge in [0.25, 0.3) is 5.91 Å². The molecule has 1 aliphatic heterocycles. The molecule has 0 spiro atoms. The first kappa shape index (κ1) is 15.1. The Morgan fingerprint density at radius 3 is 2.81 bits per heavy atom. The van der Waals surface area contributed by atoms with Crippen LogP contribution in [0.4, 0.5) is 5.69 Å². The van der Waals surface area contributed by atoms with Crippen molar-refractivity contribution in [3.8, 4) is 0 Å². The number of nitrogens with one attached hydrogen (secondary N) is 2. The molecule has 0 unspecified atom stereocenters. The number of allylic oxidation sites excluding steroid dienone is 1. The van der Waals surface area contributed by atoms with E-state index in [1.54, 1.807) is 6.07 Å². The number of carboxylic acid groups (broad SMARTS) is 1. The summed E-state index contributed by atoms with van der Waals surface area (Å²) in [6.07, 6.45) is 3.56. The first-order chi connectivity index (χ1) is 10.1. The van der Waals surface area contributed by atoms with Crippen molar-refractivity contribution < 1.29 is 14.7 Å². The van der Waals surface area contributed by atoms with Gasteiger partial charge in [0.05, 0.1) is 11.3 Å². The largest absolute Gasteiger partial charge is 0.481 e. The minimum Gasteiger partial charge on any atom is -0.481 e. The van der Waals surface area contributed by atoms with E-state index in [0.29, 0.717) is 25.1 Å². The second kappa shape index (κ2) is 6.92. The van der Waals surface area contributed by atoms with Crippen LogP contribution in [0.5, 0.6) is 0 Å². The first-order valence-corrected chi connectivity index (χ1v) is 7.12. The highest BCUT2D eigenvalue weighted by molar-refractivity contribution is 6.02. The number of benzene rings is 1. The second-order valence-electron chi connectivity index (χ2n) is 5.19. The summed E-state index contributed by atoms with van der Waals surface area (Å²) in [6.45, 7) is 3.29. The van der Waals surface area contributed by atoms with Gasteiger partial charge in [-0.1, -0.05) is 23.8 Å². The minimum atomic E-state index is -0.769. The van der Waals surface area contributed by atoms with E-state index >= 15 is 0 Å². The molecule has 1 amide bonds. The van der Waals surface area contributed by atoms with Crippen molar-refractivity contribution in [1.29, 1.82) is 0 Å². The summed E-state index contributed by atoms with van der Waals surface area (Å²) in [6, 6.07) is 5.63. The number of hydrogen-bond acceptors (Lipinski definition) is 3. The van der Waals surface area contributed by atoms with Gasteiger partial charge in [-0.2, -0.15) is 0 Å². The molecule has 1 aromatic rings. The van der Waals surface area contributed by atoms with Crippen LogP contribution in [-0.4, -0.2) is 30.1 Å². The van der Waals surface area contributed by atoms with Crippen LogP contribution in [0.1, 0.15) is 42.1 Å². The van der Waals surface area contributed by atoms with Gasteiger partial charge in [0.2, 0.25) is 0 Å². The van der Waals surface area contributed by atoms with Crippen LogP contribution >= 0.6 is 0 Å². The van der Waals surface area contributed by atoms with Gasteiger partial charge in [-0.15, -0.1) is 0 Å². The third kappa shape index (κ3) is 4.08. The van der Waals surface area contributed by atoms with Crippen molar-refractivity contribution in [3.05, 3.63) is 34.9 Å². The van der Waals surface area contributed by atoms with Gasteiger partial charge in [0.15, 0.2) is 0 Å². The summed E-state index contributed by atoms with van der Waals surface area (Å²) in [7, 11) is 0. The Bertz CT molecular complexity index is 579. The SMILES string of the molecule is CC(=Cc1cccc2c1NCCNC2=O)CCCC(=O)O. The molecule has 1 aliphatic rings. The van der Waals surface area contributed by atoms with Crippen LogP contribution < -0.4 is 10.6 Å². The van der Waals surface area contributed by atoms with E-state index in [4.69, 9.17) is 5.11 Å². The van der Waals surface area contributed by atoms with Crippen molar-refractivity contribution >= 4 is 23.6 Å². The summed E-state index contributed by atoms with van der Waals surface area (Å²) in [4.78, 5) is 22.5. The highest BCUT2D eigenvalue weighted by Gasteiger charge is 2.16. The van der Waals surface area contributed by atoms with Gasteiger partial charge in [0.1, 0.15) is 0 Å². The number of hydrogen-bond donors (Lipinski definition) is 3. The van der Waals surface area contributed by atoms with Crippen LogP contribution in [-0.2, 0) is 4.79 Å². The molecule has 1 heterocycles. The van der Waals surface area contributed by atoms with E-state index in [0.717, 1.165) is 23.2 Å². The van der Waals surface area contributed by atoms with E-state index in [1.807, 2.05) is 25.1 Å². The van der Waals surface area contributed by atoms with E-state index in [1.165, 1.54) is 0 Å². The molecule has 5 heteroatoms. The van der Waals surface area contributed by atoms with Gasteiger partial charge >= 0.3 is 5.97 Å². The highest BCUT2D eigenvalue weighted by atomic mass is 16.4. The number of carboxylic acids is 1. The zero-order chi connectivity index (χ0) is 15.2. The van der Waals surface area contributed by atoms with Crippen molar-refractivity contribution in [2.75, 3.05) is 18.4 Å². The van der Waals surface area contributed by atoms with Crippen LogP contribution in [0, 0.1) is 0 Å². The van der Waals surface area contributed by atoms with Crippen molar-refractivity contribution in [3.63, 3.8) is 0 Å². The molecular weight excluding hydrogens is 268 g/mol. The molecule has 2 rings (SSSR count). The number of aliphatic carboxylic acids is 1. The normalized spacial score (nSPS) is 14.7. The number of fused-ring (bicyclic) bond motifs is 1. The molecule has 0 saturated carbocycles. The fourth-order valence-electron chi connectivity index (χ4n) is 2.39. The predicted octanol–water partition coefficient (Wildman–Crippen LogP) is 2.50. The molecule has 3 N–H and O–H groups in total. The van der Waals surface area contributed by atoms with Gasteiger partial charge in [0, 0.05) is 19.5 Å². The van der Waals surface area contributed by atoms with Gasteiger partial charge in [-0.3, -0.25) is 9.59 Å². The Morgan fingerprint density at radius 2 is 2.05 bits per heavy atom. The average molecular weight is 288 g/mol. The number of carbonyl (C=O) groups excluding carboxylic acids is 1. The Morgan fingerprint density at radius 1 is 1.29 bits per heavy atom. The fraction of sp³-hybridized carbons (Fsp3) is 0.375. The lowest BCUT2D eigenvalue weighted by Gasteiger charge is -2.11. The Kier molecular flexibility index (Phi) is 4.98. The van der Waals surface area contributed by atoms with Crippen LogP contribution in [0.15, 0.2) is 23.8 Å². The van der Waals surface area contributed by atoms with Crippen LogP contribution in [0.3, 0.4) is 0 Å². The van der Waals surface area contributed by atoms with Crippen molar-refractivity contribution in [2.45, 2.75) is 26.2 Å². The van der Waals surface area contributed by atoms with E-state index in [9.17, 15) is 9.59 Å². The number of amides is 1. The Labute approximate surface area is 124 Å². The van der Waals surface area contributed by atoms with Gasteiger partial charge in [-0.25, -0.2) is 0 Å². The lowest BCUT2D eigenvalue weighted by Crippen LogP contribution is -2.24. The molecule has 1 aromatic carbocycles. The molecule has 21 heavy (non-hydrogen) atoms. The molecule has 0 radical (unpaired) electrons. The summed E-state index contributed by atoms with van der Waals surface area (Å²) in [5, 5.41) is 14.8. The fourth-order valence-corrected chi connectivity index (χ4v) is 2.39. The number of anilines is 1. The number of rotatable bonds is 5. The predicted molar refractivity (Wildman–Crippen MR) is 82.4 cm³/mol. The Hall–Kier alpha value is -2.30. The monoisotopic (exact) mass is 288 g/mol. The molecule has 0 aliphatic carbocycles. The maximum atomic E-state index is 12.0. The van der Waals surface area contributed by atoms with E-state index in [2.05, 4.69) is 10.6 Å². The quantitative estimate of drug-likeness (QED) is 0.778. The second-order valence-corrected chi connectivity index (χ2v) is 5.19. The summed E-state index contributed by atoms with van der Waals surface area (Å²) in [5.74, 6) is -0.830. The summed E-state index contributed by atoms with van der Waals surface area (Å²) >= 11 is 0. The van der Waals surface area contributed by atoms with E-state index in [-0.39, 0.29) is 12.3 Å². The van der Waals surface area contributed by atoms with Crippen molar-refractivity contribution in [1.82, 2.24) is 5.32 Å². The van der Waals surface area contributed by atoms with Gasteiger partial charge < -0.3 is 15.7 Å². The molecule has 0 aromatic heterocycles. The van der Waals surface area contributed by atoms with Crippen molar-refractivity contribution in [2.24, 2.45) is 0 Å². The third-order valence-electron chi connectivity index (χ3n) is 3.42. The lowest BCUT2D eigenvalue weighted by atomic mass is 10.0.